The third-order valence-electron chi connectivity index (χ3n) is 7.48. The van der Waals surface area contributed by atoms with Crippen molar-refractivity contribution < 1.29 is 63.2 Å². The number of phenolic OH excluding ortho intramolecular Hbond substituents is 3. The number of methoxy groups -OCH3 is 2. The van der Waals surface area contributed by atoms with Crippen LogP contribution in [-0.4, -0.2) is 82.2 Å². The van der Waals surface area contributed by atoms with Crippen LogP contribution >= 0.6 is 0 Å². The molecule has 0 bridgehead atoms. The molecule has 0 aliphatic carbocycles. The second-order valence-electron chi connectivity index (χ2n) is 10.4. The fourth-order valence-corrected chi connectivity index (χ4v) is 5.09. The third kappa shape index (κ3) is 5.65. The number of para-hydroxylation sites is 1. The van der Waals surface area contributed by atoms with E-state index < -0.39 is 42.9 Å². The van der Waals surface area contributed by atoms with Gasteiger partial charge in [-0.1, -0.05) is 18.2 Å². The minimum Gasteiger partial charge on any atom is -0.507 e. The molecule has 0 radical (unpaired) electrons. The average Bonchev–Trinajstić information content (AvgIpc) is 3.04. The highest BCUT2D eigenvalue weighted by Gasteiger charge is 2.46. The number of hydrogen-bond donors (Lipinski definition) is 6. The minimum absolute atomic E-state index is 0.0113. The maximum Gasteiger partial charge on any atom is 0.402 e. The van der Waals surface area contributed by atoms with Gasteiger partial charge in [-0.2, -0.15) is 0 Å². The summed E-state index contributed by atoms with van der Waals surface area (Å²) in [6.45, 7) is -0.449. The Morgan fingerprint density at radius 1 is 0.826 bits per heavy atom. The summed E-state index contributed by atoms with van der Waals surface area (Å²) < 4.78 is 39.3. The molecular weight excluding hydrogens is 608 g/mol. The Morgan fingerprint density at radius 3 is 2.26 bits per heavy atom. The summed E-state index contributed by atoms with van der Waals surface area (Å²) >= 11 is 0. The molecule has 3 heterocycles. The molecule has 0 amide bonds. The topological polar surface area (TPSA) is 209 Å². The van der Waals surface area contributed by atoms with E-state index in [1.54, 1.807) is 24.3 Å². The van der Waals surface area contributed by atoms with E-state index >= 15 is 0 Å². The predicted octanol–water partition coefficient (Wildman–Crippen LogP) is 2.89. The number of aliphatic hydroxyl groups is 3. The van der Waals surface area contributed by atoms with Crippen molar-refractivity contribution in [2.45, 2.75) is 30.7 Å². The Kier molecular flexibility index (Phi) is 8.19. The van der Waals surface area contributed by atoms with Crippen LogP contribution in [0.1, 0.15) is 0 Å². The van der Waals surface area contributed by atoms with Crippen molar-refractivity contribution in [3.05, 3.63) is 71.1 Å². The summed E-state index contributed by atoms with van der Waals surface area (Å²) in [6.07, 6.45) is -8.18. The van der Waals surface area contributed by atoms with Crippen LogP contribution < -0.4 is 24.6 Å². The quantitative estimate of drug-likeness (QED) is 0.107. The van der Waals surface area contributed by atoms with Gasteiger partial charge in [-0.15, -0.1) is 0 Å². The van der Waals surface area contributed by atoms with Crippen LogP contribution in [0.25, 0.3) is 33.3 Å². The molecule has 1 aliphatic rings. The highest BCUT2D eigenvalue weighted by molar-refractivity contribution is 5.88. The molecule has 1 aliphatic heterocycles. The summed E-state index contributed by atoms with van der Waals surface area (Å²) in [5.74, 6) is -1.28. The zero-order valence-electron chi connectivity index (χ0n) is 24.3. The molecule has 1 fully saturated rings. The Labute approximate surface area is 259 Å². The molecular formula is C32H29O14+. The predicted molar refractivity (Wildman–Crippen MR) is 159 cm³/mol. The number of aromatic hydroxyl groups is 3. The van der Waals surface area contributed by atoms with Gasteiger partial charge in [0.25, 0.3) is 0 Å². The van der Waals surface area contributed by atoms with Gasteiger partial charge in [-0.3, -0.25) is 0 Å². The summed E-state index contributed by atoms with van der Waals surface area (Å²) in [7, 11) is 2.65. The van der Waals surface area contributed by atoms with Crippen LogP contribution in [0.2, 0.25) is 0 Å². The van der Waals surface area contributed by atoms with E-state index in [0.29, 0.717) is 11.0 Å². The van der Waals surface area contributed by atoms with Crippen molar-refractivity contribution in [3.8, 4) is 51.6 Å². The van der Waals surface area contributed by atoms with Gasteiger partial charge in [0, 0.05) is 29.7 Å². The van der Waals surface area contributed by atoms with E-state index in [1.165, 1.54) is 44.6 Å². The number of phenols is 3. The summed E-state index contributed by atoms with van der Waals surface area (Å²) in [5, 5.41) is 64.0. The minimum atomic E-state index is -1.79. The standard InChI is InChI=1S/C32H28O14/c1-40-21-8-15(9-22(41-2)26(21)35)30-23(12-17-18(34)10-16(33)11-20(17)43-30)45-32-29(38)28(37)27(36)25(46-32)13-42-24-7-14-5-3-4-6-19(14)44-31(24)39/h3-12,25,27-29,32,36-38H,13H2,1-2H3,(H2-,33,34,35)/p+1/t25-,27-,28+,29-,32-/m1/s1. The van der Waals surface area contributed by atoms with Crippen LogP contribution in [0.3, 0.4) is 0 Å². The summed E-state index contributed by atoms with van der Waals surface area (Å²) in [5.41, 5.74) is -0.153. The lowest BCUT2D eigenvalue weighted by Crippen LogP contribution is -2.60. The van der Waals surface area contributed by atoms with Crippen molar-refractivity contribution in [1.29, 1.82) is 0 Å². The van der Waals surface area contributed by atoms with Gasteiger partial charge in [-0.05, 0) is 12.1 Å². The monoisotopic (exact) mass is 637 g/mol. The van der Waals surface area contributed by atoms with Crippen LogP contribution in [-0.2, 0) is 4.74 Å². The number of rotatable bonds is 8. The SMILES string of the molecule is COc1cc(-c2[o+]c3cc(O)cc(O)c3cc2O[C@@H]2O[C@H](COc3cc4ccccc4oc3=O)[C@@H](O)[C@H](O)[C@H]2O)cc(OC)c1O. The van der Waals surface area contributed by atoms with Crippen molar-refractivity contribution >= 4 is 21.9 Å². The molecule has 0 saturated carbocycles. The molecule has 3 aromatic carbocycles. The van der Waals surface area contributed by atoms with Gasteiger partial charge in [0.15, 0.2) is 11.5 Å². The first-order valence-electron chi connectivity index (χ1n) is 13.9. The molecule has 1 saturated heterocycles. The first-order chi connectivity index (χ1) is 22.1. The first kappa shape index (κ1) is 30.7. The molecule has 0 spiro atoms. The number of aliphatic hydroxyl groups excluding tert-OH is 3. The van der Waals surface area contributed by atoms with Crippen molar-refractivity contribution in [1.82, 2.24) is 0 Å². The molecule has 6 rings (SSSR count). The van der Waals surface area contributed by atoms with Crippen molar-refractivity contribution in [3.63, 3.8) is 0 Å². The van der Waals surface area contributed by atoms with Crippen molar-refractivity contribution in [2.24, 2.45) is 0 Å². The van der Waals surface area contributed by atoms with E-state index in [1.807, 2.05) is 0 Å². The van der Waals surface area contributed by atoms with E-state index in [2.05, 4.69) is 0 Å². The second kappa shape index (κ2) is 12.3. The molecule has 46 heavy (non-hydrogen) atoms. The maximum atomic E-state index is 12.5. The van der Waals surface area contributed by atoms with Gasteiger partial charge in [0.05, 0.1) is 25.8 Å². The van der Waals surface area contributed by atoms with Gasteiger partial charge in [0.2, 0.25) is 23.5 Å². The van der Waals surface area contributed by atoms with Crippen LogP contribution in [0.4, 0.5) is 0 Å². The lowest BCUT2D eigenvalue weighted by Gasteiger charge is -2.39. The van der Waals surface area contributed by atoms with Gasteiger partial charge < -0.3 is 58.7 Å². The Hall–Kier alpha value is -5.28. The van der Waals surface area contributed by atoms with Crippen LogP contribution in [0, 0.1) is 0 Å². The molecule has 5 atom stereocenters. The average molecular weight is 638 g/mol. The first-order valence-corrected chi connectivity index (χ1v) is 13.9. The smallest absolute Gasteiger partial charge is 0.402 e. The molecule has 14 nitrogen and oxygen atoms in total. The zero-order valence-corrected chi connectivity index (χ0v) is 24.3. The van der Waals surface area contributed by atoms with Gasteiger partial charge >= 0.3 is 17.0 Å². The molecule has 0 unspecified atom stereocenters. The highest BCUT2D eigenvalue weighted by atomic mass is 16.7. The third-order valence-corrected chi connectivity index (χ3v) is 7.48. The second-order valence-corrected chi connectivity index (χ2v) is 10.4. The fourth-order valence-electron chi connectivity index (χ4n) is 5.09. The molecule has 6 N–H and O–H groups in total. The Balaban J connectivity index is 1.35. The summed E-state index contributed by atoms with van der Waals surface area (Å²) in [4.78, 5) is 12.5. The number of benzene rings is 3. The lowest BCUT2D eigenvalue weighted by atomic mass is 9.99. The van der Waals surface area contributed by atoms with Crippen LogP contribution in [0.5, 0.6) is 40.2 Å². The molecule has 2 aromatic heterocycles. The normalized spacial score (nSPS) is 21.3. The zero-order chi connectivity index (χ0) is 32.7. The van der Waals surface area contributed by atoms with E-state index in [4.69, 9.17) is 32.5 Å². The van der Waals surface area contributed by atoms with Crippen molar-refractivity contribution in [2.75, 3.05) is 20.8 Å². The fraction of sp³-hybridized carbons (Fsp3) is 0.250. The number of hydrogen-bond acceptors (Lipinski definition) is 13. The number of ether oxygens (including phenoxy) is 5. The molecule has 5 aromatic rings. The maximum absolute atomic E-state index is 12.5. The molecule has 14 heteroatoms. The van der Waals surface area contributed by atoms with E-state index in [0.717, 1.165) is 6.07 Å². The largest absolute Gasteiger partial charge is 0.507 e. The summed E-state index contributed by atoms with van der Waals surface area (Å²) in [6, 6.07) is 14.7. The van der Waals surface area contributed by atoms with E-state index in [-0.39, 0.29) is 62.5 Å². The van der Waals surface area contributed by atoms with Gasteiger partial charge in [-0.25, -0.2) is 9.21 Å². The Morgan fingerprint density at radius 2 is 1.54 bits per heavy atom. The molecule has 240 valence electrons. The van der Waals surface area contributed by atoms with E-state index in [9.17, 15) is 35.4 Å². The highest BCUT2D eigenvalue weighted by Crippen LogP contribution is 2.45. The van der Waals surface area contributed by atoms with Crippen LogP contribution in [0.15, 0.2) is 74.3 Å². The number of fused-ring (bicyclic) bond motifs is 2. The van der Waals surface area contributed by atoms with Gasteiger partial charge in [0.1, 0.15) is 53.5 Å². The Bertz CT molecular complexity index is 1950. The lowest BCUT2D eigenvalue weighted by molar-refractivity contribution is -0.276.